The Bertz CT molecular complexity index is 525. The van der Waals surface area contributed by atoms with E-state index < -0.39 is 18.8 Å². The molecule has 110 valence electrons. The van der Waals surface area contributed by atoms with E-state index in [0.717, 1.165) is 5.69 Å². The minimum atomic E-state index is -4.39. The van der Waals surface area contributed by atoms with E-state index in [1.165, 1.54) is 6.33 Å². The lowest BCUT2D eigenvalue weighted by atomic mass is 10.2. The van der Waals surface area contributed by atoms with Gasteiger partial charge in [-0.3, -0.25) is 0 Å². The number of halogens is 3. The third kappa shape index (κ3) is 4.31. The molecule has 0 aliphatic heterocycles. The average Bonchev–Trinajstić information content (AvgIpc) is 2.98. The number of hydrogen-bond donors (Lipinski definition) is 2. The lowest BCUT2D eigenvalue weighted by Gasteiger charge is -2.05. The highest BCUT2D eigenvalue weighted by Gasteiger charge is 2.27. The van der Waals surface area contributed by atoms with Gasteiger partial charge < -0.3 is 20.0 Å². The van der Waals surface area contributed by atoms with E-state index >= 15 is 0 Å². The van der Waals surface area contributed by atoms with Crippen LogP contribution in [-0.4, -0.2) is 32.9 Å². The highest BCUT2D eigenvalue weighted by molar-refractivity contribution is 5.01. The number of rotatable bonds is 6. The van der Waals surface area contributed by atoms with Gasteiger partial charge in [-0.15, -0.1) is 0 Å². The summed E-state index contributed by atoms with van der Waals surface area (Å²) in [5.41, 5.74) is 6.62. The van der Waals surface area contributed by atoms with Crippen molar-refractivity contribution in [3.63, 3.8) is 0 Å². The highest BCUT2D eigenvalue weighted by Crippen LogP contribution is 2.16. The molecule has 2 heterocycles. The van der Waals surface area contributed by atoms with Gasteiger partial charge in [0.2, 0.25) is 5.89 Å². The summed E-state index contributed by atoms with van der Waals surface area (Å²) in [6, 6.07) is -0.570. The summed E-state index contributed by atoms with van der Waals surface area (Å²) < 4.78 is 44.9. The summed E-state index contributed by atoms with van der Waals surface area (Å²) in [4.78, 5) is 10.6. The lowest BCUT2D eigenvalue weighted by molar-refractivity contribution is -0.177. The molecule has 0 saturated carbocycles. The quantitative estimate of drug-likeness (QED) is 0.826. The maximum atomic E-state index is 11.9. The molecule has 0 bridgehead atoms. The molecule has 1 atom stereocenters. The molecule has 0 aliphatic carbocycles. The Labute approximate surface area is 111 Å². The third-order valence-corrected chi connectivity index (χ3v) is 2.29. The fourth-order valence-corrected chi connectivity index (χ4v) is 1.46. The van der Waals surface area contributed by atoms with E-state index in [2.05, 4.69) is 24.8 Å². The Kier molecular flexibility index (Phi) is 4.35. The number of hydrogen-bond acceptors (Lipinski definition) is 6. The van der Waals surface area contributed by atoms with Crippen LogP contribution in [0.2, 0.25) is 0 Å². The van der Waals surface area contributed by atoms with Crippen LogP contribution in [0.15, 0.2) is 17.0 Å². The van der Waals surface area contributed by atoms with Gasteiger partial charge in [0.05, 0.1) is 12.4 Å². The topological polar surface area (TPSA) is 103 Å². The minimum absolute atomic E-state index is 0.0179. The van der Waals surface area contributed by atoms with Crippen molar-refractivity contribution in [1.29, 1.82) is 0 Å². The van der Waals surface area contributed by atoms with E-state index in [9.17, 15) is 13.2 Å². The van der Waals surface area contributed by atoms with Gasteiger partial charge in [-0.25, -0.2) is 4.98 Å². The predicted octanol–water partition coefficient (Wildman–Crippen LogP) is 1.11. The summed E-state index contributed by atoms with van der Waals surface area (Å²) in [6.07, 6.45) is -0.884. The molecule has 0 aromatic carbocycles. The molecule has 7 nitrogen and oxygen atoms in total. The molecule has 10 heteroatoms. The van der Waals surface area contributed by atoms with Crippen molar-refractivity contribution < 1.29 is 22.4 Å². The zero-order chi connectivity index (χ0) is 14.6. The van der Waals surface area contributed by atoms with Crippen LogP contribution >= 0.6 is 0 Å². The van der Waals surface area contributed by atoms with Gasteiger partial charge >= 0.3 is 6.18 Å². The molecular formula is C10H12F3N5O2. The van der Waals surface area contributed by atoms with Gasteiger partial charge in [-0.05, 0) is 0 Å². The fourth-order valence-electron chi connectivity index (χ4n) is 1.46. The van der Waals surface area contributed by atoms with Gasteiger partial charge in [-0.1, -0.05) is 5.16 Å². The molecule has 2 rings (SSSR count). The molecule has 3 N–H and O–H groups in total. The van der Waals surface area contributed by atoms with Crippen molar-refractivity contribution in [2.24, 2.45) is 5.73 Å². The van der Waals surface area contributed by atoms with Gasteiger partial charge in [0, 0.05) is 18.3 Å². The van der Waals surface area contributed by atoms with E-state index in [-0.39, 0.29) is 18.3 Å². The molecule has 0 fully saturated rings. The first-order valence-corrected chi connectivity index (χ1v) is 5.64. The third-order valence-electron chi connectivity index (χ3n) is 2.29. The number of imidazole rings is 1. The minimum Gasteiger partial charge on any atom is -0.364 e. The summed E-state index contributed by atoms with van der Waals surface area (Å²) in [5, 5.41) is 3.50. The summed E-state index contributed by atoms with van der Waals surface area (Å²) in [5.74, 6) is 0.148. The van der Waals surface area contributed by atoms with Crippen LogP contribution in [-0.2, 0) is 17.8 Å². The number of H-pyrrole nitrogens is 1. The second kappa shape index (κ2) is 6.01. The molecule has 0 amide bonds. The number of aromatic nitrogens is 4. The lowest BCUT2D eigenvalue weighted by Crippen LogP contribution is -2.17. The molecular weight excluding hydrogens is 279 g/mol. The van der Waals surface area contributed by atoms with Crippen LogP contribution in [0.4, 0.5) is 13.2 Å². The van der Waals surface area contributed by atoms with Crippen LogP contribution < -0.4 is 5.73 Å². The first-order valence-electron chi connectivity index (χ1n) is 5.64. The maximum Gasteiger partial charge on any atom is 0.411 e. The zero-order valence-electron chi connectivity index (χ0n) is 10.2. The summed E-state index contributed by atoms with van der Waals surface area (Å²) in [7, 11) is 0. The maximum absolute atomic E-state index is 11.9. The van der Waals surface area contributed by atoms with Crippen molar-refractivity contribution in [2.75, 3.05) is 6.61 Å². The van der Waals surface area contributed by atoms with Crippen LogP contribution in [0.25, 0.3) is 0 Å². The first kappa shape index (κ1) is 14.5. The monoisotopic (exact) mass is 291 g/mol. The second-order valence-corrected chi connectivity index (χ2v) is 4.04. The Morgan fingerprint density at radius 1 is 1.45 bits per heavy atom. The summed E-state index contributed by atoms with van der Waals surface area (Å²) >= 11 is 0. The average molecular weight is 291 g/mol. The van der Waals surface area contributed by atoms with Crippen molar-refractivity contribution in [3.8, 4) is 0 Å². The molecule has 2 aromatic rings. The van der Waals surface area contributed by atoms with E-state index in [1.54, 1.807) is 6.20 Å². The molecule has 2 aromatic heterocycles. The Hall–Kier alpha value is -1.94. The van der Waals surface area contributed by atoms with Gasteiger partial charge in [-0.2, -0.15) is 18.2 Å². The molecule has 0 unspecified atom stereocenters. The molecule has 0 saturated heterocycles. The van der Waals surface area contributed by atoms with Crippen LogP contribution in [0, 0.1) is 0 Å². The molecule has 0 aliphatic rings. The van der Waals surface area contributed by atoms with Crippen molar-refractivity contribution in [3.05, 3.63) is 29.9 Å². The van der Waals surface area contributed by atoms with Crippen molar-refractivity contribution in [1.82, 2.24) is 20.1 Å². The SMILES string of the molecule is N[C@@H](Cc1cnc[nH]1)c1nc(COCC(F)(F)F)no1. The normalized spacial score (nSPS) is 13.6. The van der Waals surface area contributed by atoms with E-state index in [1.807, 2.05) is 0 Å². The molecule has 0 radical (unpaired) electrons. The fraction of sp³-hybridized carbons (Fsp3) is 0.500. The number of nitrogens with zero attached hydrogens (tertiary/aromatic N) is 3. The standard InChI is InChI=1S/C10H12F3N5O2/c11-10(12,13)4-19-3-8-17-9(20-18-8)7(14)1-6-2-15-5-16-6/h2,5,7H,1,3-4,14H2,(H,15,16)/t7-/m0/s1. The number of aromatic amines is 1. The smallest absolute Gasteiger partial charge is 0.364 e. The summed E-state index contributed by atoms with van der Waals surface area (Å²) in [6.45, 7) is -1.75. The Morgan fingerprint density at radius 3 is 2.90 bits per heavy atom. The largest absolute Gasteiger partial charge is 0.411 e. The number of nitrogens with one attached hydrogen (secondary N) is 1. The Morgan fingerprint density at radius 2 is 2.25 bits per heavy atom. The highest BCUT2D eigenvalue weighted by atomic mass is 19.4. The van der Waals surface area contributed by atoms with Crippen LogP contribution in [0.1, 0.15) is 23.5 Å². The second-order valence-electron chi connectivity index (χ2n) is 4.04. The van der Waals surface area contributed by atoms with Gasteiger partial charge in [0.25, 0.3) is 0 Å². The van der Waals surface area contributed by atoms with Gasteiger partial charge in [0.1, 0.15) is 13.2 Å². The number of ether oxygens (including phenoxy) is 1. The Balaban J connectivity index is 1.85. The molecule has 20 heavy (non-hydrogen) atoms. The van der Waals surface area contributed by atoms with Crippen molar-refractivity contribution in [2.45, 2.75) is 25.2 Å². The zero-order valence-corrected chi connectivity index (χ0v) is 10.2. The number of nitrogens with two attached hydrogens (primary N) is 1. The van der Waals surface area contributed by atoms with Crippen LogP contribution in [0.5, 0.6) is 0 Å². The van der Waals surface area contributed by atoms with Gasteiger partial charge in [0.15, 0.2) is 5.82 Å². The van der Waals surface area contributed by atoms with E-state index in [0.29, 0.717) is 6.42 Å². The molecule has 0 spiro atoms. The van der Waals surface area contributed by atoms with Crippen molar-refractivity contribution >= 4 is 0 Å². The first-order chi connectivity index (χ1) is 9.44. The van der Waals surface area contributed by atoms with E-state index in [4.69, 9.17) is 10.3 Å². The van der Waals surface area contributed by atoms with Crippen LogP contribution in [0.3, 0.4) is 0 Å². The predicted molar refractivity (Wildman–Crippen MR) is 59.2 cm³/mol. The number of alkyl halides is 3.